The number of hydrogen-bond acceptors (Lipinski definition) is 5. The summed E-state index contributed by atoms with van der Waals surface area (Å²) >= 11 is 0. The molecule has 0 saturated carbocycles. The van der Waals surface area contributed by atoms with E-state index >= 15 is 0 Å². The summed E-state index contributed by atoms with van der Waals surface area (Å²) in [5, 5.41) is 11.5. The van der Waals surface area contributed by atoms with Gasteiger partial charge < -0.3 is 0 Å². The maximum absolute atomic E-state index is 11.4. The van der Waals surface area contributed by atoms with E-state index in [9.17, 15) is 8.42 Å². The van der Waals surface area contributed by atoms with Crippen LogP contribution in [0.25, 0.3) is 11.5 Å². The molecule has 7 nitrogen and oxygen atoms in total. The molecule has 0 aliphatic heterocycles. The molecule has 9 heteroatoms. The molecule has 0 N–H and O–H groups in total. The molecule has 0 aliphatic carbocycles. The minimum Gasteiger partial charge on any atom is -0.296 e. The summed E-state index contributed by atoms with van der Waals surface area (Å²) in [6.45, 7) is 4.03. The van der Waals surface area contributed by atoms with E-state index in [-0.39, 0.29) is 5.16 Å². The molecule has 98 valence electrons. The molecule has 0 aromatic carbocycles. The highest BCUT2D eigenvalue weighted by Gasteiger charge is 2.23. The lowest BCUT2D eigenvalue weighted by molar-refractivity contribution is 0.582. The van der Waals surface area contributed by atoms with Crippen molar-refractivity contribution in [2.75, 3.05) is 0 Å². The maximum Gasteiger partial charge on any atom is 0.296 e. The van der Waals surface area contributed by atoms with Gasteiger partial charge in [-0.05, 0) is 19.9 Å². The number of nitrogens with zero attached hydrogens (tertiary/aromatic N) is 5. The molecule has 2 rings (SSSR count). The van der Waals surface area contributed by atoms with Crippen LogP contribution >= 0.6 is 10.7 Å². The SMILES string of the molecule is CCn1c(-c2cc(C)nn2C)nnc1S(=O)(=O)Cl. The van der Waals surface area contributed by atoms with E-state index in [2.05, 4.69) is 15.3 Å². The highest BCUT2D eigenvalue weighted by Crippen LogP contribution is 2.22. The Morgan fingerprint density at radius 2 is 2.06 bits per heavy atom. The third-order valence-electron chi connectivity index (χ3n) is 2.48. The Hall–Kier alpha value is -1.41. The van der Waals surface area contributed by atoms with Crippen LogP contribution in [0, 0.1) is 6.92 Å². The second-order valence-electron chi connectivity index (χ2n) is 3.78. The van der Waals surface area contributed by atoms with E-state index in [1.807, 2.05) is 6.92 Å². The van der Waals surface area contributed by atoms with Gasteiger partial charge >= 0.3 is 0 Å². The molecule has 0 unspecified atom stereocenters. The van der Waals surface area contributed by atoms with E-state index in [1.165, 1.54) is 4.57 Å². The molecule has 18 heavy (non-hydrogen) atoms. The first kappa shape index (κ1) is 13.0. The zero-order chi connectivity index (χ0) is 13.5. The number of aryl methyl sites for hydroxylation is 2. The Morgan fingerprint density at radius 1 is 1.39 bits per heavy atom. The zero-order valence-electron chi connectivity index (χ0n) is 10.1. The summed E-state index contributed by atoms with van der Waals surface area (Å²) < 4.78 is 25.8. The fourth-order valence-electron chi connectivity index (χ4n) is 1.76. The van der Waals surface area contributed by atoms with Crippen LogP contribution < -0.4 is 0 Å². The first-order chi connectivity index (χ1) is 8.34. The lowest BCUT2D eigenvalue weighted by Gasteiger charge is -2.05. The average Bonchev–Trinajstić information content (AvgIpc) is 2.79. The normalized spacial score (nSPS) is 12.0. The largest absolute Gasteiger partial charge is 0.296 e. The number of rotatable bonds is 3. The van der Waals surface area contributed by atoms with Crippen LogP contribution in [-0.2, 0) is 22.6 Å². The van der Waals surface area contributed by atoms with Gasteiger partial charge in [-0.1, -0.05) is 0 Å². The van der Waals surface area contributed by atoms with Crippen LogP contribution in [0.1, 0.15) is 12.6 Å². The molecule has 0 amide bonds. The van der Waals surface area contributed by atoms with E-state index in [0.29, 0.717) is 18.1 Å². The van der Waals surface area contributed by atoms with E-state index in [1.54, 1.807) is 24.7 Å². The second-order valence-corrected chi connectivity index (χ2v) is 6.24. The Bertz CT molecular complexity index is 688. The molecule has 0 aliphatic rings. The predicted molar refractivity (Wildman–Crippen MR) is 65.7 cm³/mol. The van der Waals surface area contributed by atoms with Gasteiger partial charge in [-0.15, -0.1) is 10.2 Å². The first-order valence-corrected chi connectivity index (χ1v) is 7.54. The van der Waals surface area contributed by atoms with Crippen LogP contribution in [0.15, 0.2) is 11.2 Å². The Morgan fingerprint density at radius 3 is 2.50 bits per heavy atom. The van der Waals surface area contributed by atoms with Crippen molar-refractivity contribution in [3.8, 4) is 11.5 Å². The first-order valence-electron chi connectivity index (χ1n) is 5.23. The molecule has 0 radical (unpaired) electrons. The van der Waals surface area contributed by atoms with Crippen molar-refractivity contribution in [1.29, 1.82) is 0 Å². The fraction of sp³-hybridized carbons (Fsp3) is 0.444. The van der Waals surface area contributed by atoms with E-state index in [4.69, 9.17) is 10.7 Å². The predicted octanol–water partition coefficient (Wildman–Crippen LogP) is 0.934. The molecule has 0 saturated heterocycles. The molecule has 0 spiro atoms. The fourth-order valence-corrected chi connectivity index (χ4v) is 2.72. The van der Waals surface area contributed by atoms with Crippen LogP contribution in [0.3, 0.4) is 0 Å². The monoisotopic (exact) mass is 289 g/mol. The smallest absolute Gasteiger partial charge is 0.296 e. The topological polar surface area (TPSA) is 82.7 Å². The van der Waals surface area contributed by atoms with Crippen molar-refractivity contribution in [3.63, 3.8) is 0 Å². The van der Waals surface area contributed by atoms with Crippen LogP contribution in [0.5, 0.6) is 0 Å². The van der Waals surface area contributed by atoms with Crippen molar-refractivity contribution in [3.05, 3.63) is 11.8 Å². The molecule has 0 bridgehead atoms. The van der Waals surface area contributed by atoms with Gasteiger partial charge in [0.05, 0.1) is 5.69 Å². The highest BCUT2D eigenvalue weighted by molar-refractivity contribution is 8.13. The van der Waals surface area contributed by atoms with Gasteiger partial charge in [-0.25, -0.2) is 8.42 Å². The third kappa shape index (κ3) is 2.13. The van der Waals surface area contributed by atoms with Crippen LogP contribution in [0.2, 0.25) is 0 Å². The Balaban J connectivity index is 2.67. The molecule has 2 aromatic rings. The van der Waals surface area contributed by atoms with Crippen molar-refractivity contribution in [2.45, 2.75) is 25.5 Å². The Labute approximate surface area is 109 Å². The molecule has 2 heterocycles. The van der Waals surface area contributed by atoms with E-state index in [0.717, 1.165) is 5.69 Å². The quantitative estimate of drug-likeness (QED) is 0.785. The van der Waals surface area contributed by atoms with Crippen LogP contribution in [0.4, 0.5) is 0 Å². The summed E-state index contributed by atoms with van der Waals surface area (Å²) in [5.74, 6) is 0.430. The number of hydrogen-bond donors (Lipinski definition) is 0. The van der Waals surface area contributed by atoms with Gasteiger partial charge in [0.25, 0.3) is 14.2 Å². The van der Waals surface area contributed by atoms with Gasteiger partial charge in [-0.2, -0.15) is 5.10 Å². The highest BCUT2D eigenvalue weighted by atomic mass is 35.7. The lowest BCUT2D eigenvalue weighted by Crippen LogP contribution is -2.07. The summed E-state index contributed by atoms with van der Waals surface area (Å²) in [6, 6.07) is 1.81. The van der Waals surface area contributed by atoms with Crippen molar-refractivity contribution < 1.29 is 8.42 Å². The molecule has 2 aromatic heterocycles. The molecule has 0 fully saturated rings. The van der Waals surface area contributed by atoms with Gasteiger partial charge in [0.15, 0.2) is 5.82 Å². The van der Waals surface area contributed by atoms with Gasteiger partial charge in [0.1, 0.15) is 5.69 Å². The minimum absolute atomic E-state index is 0.250. The van der Waals surface area contributed by atoms with Gasteiger partial charge in [0.2, 0.25) is 0 Å². The van der Waals surface area contributed by atoms with Gasteiger partial charge in [-0.3, -0.25) is 9.25 Å². The Kier molecular flexibility index (Phi) is 3.16. The summed E-state index contributed by atoms with van der Waals surface area (Å²) in [4.78, 5) is 0. The summed E-state index contributed by atoms with van der Waals surface area (Å²) in [6.07, 6.45) is 0. The third-order valence-corrected chi connectivity index (χ3v) is 3.63. The van der Waals surface area contributed by atoms with Crippen molar-refractivity contribution in [1.82, 2.24) is 24.5 Å². The molecular weight excluding hydrogens is 278 g/mol. The van der Waals surface area contributed by atoms with Crippen molar-refractivity contribution in [2.24, 2.45) is 7.05 Å². The average molecular weight is 290 g/mol. The lowest BCUT2D eigenvalue weighted by atomic mass is 10.3. The molecule has 0 atom stereocenters. The zero-order valence-corrected chi connectivity index (χ0v) is 11.7. The molecular formula is C9H12ClN5O2S. The van der Waals surface area contributed by atoms with Crippen molar-refractivity contribution >= 4 is 19.7 Å². The van der Waals surface area contributed by atoms with Crippen LogP contribution in [-0.4, -0.2) is 33.0 Å². The van der Waals surface area contributed by atoms with E-state index < -0.39 is 9.05 Å². The summed E-state index contributed by atoms with van der Waals surface area (Å²) in [7, 11) is 3.16. The maximum atomic E-state index is 11.4. The second kappa shape index (κ2) is 4.36. The van der Waals surface area contributed by atoms with Gasteiger partial charge in [0, 0.05) is 24.3 Å². The summed E-state index contributed by atoms with van der Waals surface area (Å²) in [5.41, 5.74) is 1.50. The standard InChI is InChI=1S/C9H12ClN5O2S/c1-4-15-8(7-5-6(2)13-14(7)3)11-12-9(15)18(10,16)17/h5H,4H2,1-3H3. The minimum atomic E-state index is -3.91. The number of aromatic nitrogens is 5. The number of halogens is 1.